The summed E-state index contributed by atoms with van der Waals surface area (Å²) in [6.45, 7) is 6.12. The summed E-state index contributed by atoms with van der Waals surface area (Å²) in [5, 5.41) is 0. The van der Waals surface area contributed by atoms with Gasteiger partial charge in [0.1, 0.15) is 0 Å². The Labute approximate surface area is 173 Å². The average Bonchev–Trinajstić information content (AvgIpc) is 2.78. The van der Waals surface area contributed by atoms with Crippen LogP contribution in [0.2, 0.25) is 0 Å². The molecule has 29 heavy (non-hydrogen) atoms. The van der Waals surface area contributed by atoms with Crippen LogP contribution >= 0.6 is 0 Å². The topological polar surface area (TPSA) is 25.2 Å². The monoisotopic (exact) mass is 378 g/mol. The van der Waals surface area contributed by atoms with Gasteiger partial charge < -0.3 is 0 Å². The molecule has 3 aromatic rings. The summed E-state index contributed by atoms with van der Waals surface area (Å²) in [5.41, 5.74) is 6.97. The van der Waals surface area contributed by atoms with Crippen LogP contribution in [-0.2, 0) is 0 Å². The number of hydrogen-bond acceptors (Lipinski definition) is 2. The third-order valence-electron chi connectivity index (χ3n) is 4.54. The number of nitrogens with zero attached hydrogens (tertiary/aromatic N) is 2. The number of allylic oxidation sites excluding steroid dienone is 5. The van der Waals surface area contributed by atoms with Gasteiger partial charge in [0.2, 0.25) is 0 Å². The van der Waals surface area contributed by atoms with E-state index in [9.17, 15) is 0 Å². The van der Waals surface area contributed by atoms with E-state index in [4.69, 9.17) is 9.98 Å². The number of rotatable bonds is 6. The summed E-state index contributed by atoms with van der Waals surface area (Å²) in [7, 11) is 0. The van der Waals surface area contributed by atoms with Crippen molar-refractivity contribution in [3.63, 3.8) is 0 Å². The van der Waals surface area contributed by atoms with Crippen molar-refractivity contribution in [2.45, 2.75) is 20.8 Å². The van der Waals surface area contributed by atoms with Crippen LogP contribution in [0.5, 0.6) is 0 Å². The maximum Gasteiger partial charge on any atom is 0.0849 e. The van der Waals surface area contributed by atoms with Crippen molar-refractivity contribution in [1.82, 2.24) is 4.98 Å². The van der Waals surface area contributed by atoms with Gasteiger partial charge in [0.25, 0.3) is 0 Å². The highest BCUT2D eigenvalue weighted by molar-refractivity contribution is 6.01. The molecule has 2 aromatic carbocycles. The smallest absolute Gasteiger partial charge is 0.0849 e. The molecule has 144 valence electrons. The summed E-state index contributed by atoms with van der Waals surface area (Å²) in [4.78, 5) is 9.83. The molecule has 0 radical (unpaired) electrons. The quantitative estimate of drug-likeness (QED) is 0.331. The molecule has 0 spiro atoms. The van der Waals surface area contributed by atoms with Crippen molar-refractivity contribution in [1.29, 1.82) is 0 Å². The van der Waals surface area contributed by atoms with E-state index in [1.54, 1.807) is 0 Å². The molecule has 0 fully saturated rings. The van der Waals surface area contributed by atoms with E-state index in [2.05, 4.69) is 37.3 Å². The summed E-state index contributed by atoms with van der Waals surface area (Å²) in [5.74, 6) is 0. The predicted octanol–water partition coefficient (Wildman–Crippen LogP) is 7.12. The fourth-order valence-electron chi connectivity index (χ4n) is 3.00. The molecule has 0 aliphatic carbocycles. The van der Waals surface area contributed by atoms with Crippen LogP contribution in [0.1, 0.15) is 32.0 Å². The van der Waals surface area contributed by atoms with Gasteiger partial charge in [-0.3, -0.25) is 4.99 Å². The Bertz CT molecular complexity index is 1060. The Balaban J connectivity index is 2.03. The SMILES string of the molecule is C\C=C/C=C\C(C)=C(\N=C(C)c1cccc(-c2ccccc2)n1)c1ccccc1. The highest BCUT2D eigenvalue weighted by Gasteiger charge is 2.07. The zero-order valence-electron chi connectivity index (χ0n) is 17.2. The molecule has 0 unspecified atom stereocenters. The lowest BCUT2D eigenvalue weighted by atomic mass is 10.1. The Morgan fingerprint density at radius 3 is 2.17 bits per heavy atom. The molecule has 3 rings (SSSR count). The van der Waals surface area contributed by atoms with Crippen LogP contribution in [0.3, 0.4) is 0 Å². The molecule has 0 aliphatic rings. The van der Waals surface area contributed by atoms with Gasteiger partial charge in [0.05, 0.1) is 22.8 Å². The molecule has 0 saturated heterocycles. The summed E-state index contributed by atoms with van der Waals surface area (Å²) >= 11 is 0. The fraction of sp³-hybridized carbons (Fsp3) is 0.111. The molecule has 1 aromatic heterocycles. The van der Waals surface area contributed by atoms with Crippen molar-refractivity contribution in [3.05, 3.63) is 120 Å². The lowest BCUT2D eigenvalue weighted by Gasteiger charge is -2.09. The minimum Gasteiger partial charge on any atom is -0.251 e. The lowest BCUT2D eigenvalue weighted by Crippen LogP contribution is -2.01. The largest absolute Gasteiger partial charge is 0.251 e. The number of aromatic nitrogens is 1. The van der Waals surface area contributed by atoms with Gasteiger partial charge >= 0.3 is 0 Å². The third kappa shape index (κ3) is 5.49. The van der Waals surface area contributed by atoms with E-state index in [0.29, 0.717) is 0 Å². The highest BCUT2D eigenvalue weighted by Crippen LogP contribution is 2.23. The Kier molecular flexibility index (Phi) is 7.07. The van der Waals surface area contributed by atoms with E-state index < -0.39 is 0 Å². The summed E-state index contributed by atoms with van der Waals surface area (Å²) < 4.78 is 0. The molecule has 2 nitrogen and oxygen atoms in total. The van der Waals surface area contributed by atoms with E-state index in [1.807, 2.05) is 86.7 Å². The van der Waals surface area contributed by atoms with E-state index in [-0.39, 0.29) is 0 Å². The maximum absolute atomic E-state index is 4.99. The fourth-order valence-corrected chi connectivity index (χ4v) is 3.00. The van der Waals surface area contributed by atoms with E-state index in [0.717, 1.165) is 39.5 Å². The second kappa shape index (κ2) is 10.1. The van der Waals surface area contributed by atoms with Crippen LogP contribution in [0.15, 0.2) is 114 Å². The van der Waals surface area contributed by atoms with Crippen molar-refractivity contribution in [2.75, 3.05) is 0 Å². The first-order chi connectivity index (χ1) is 14.2. The maximum atomic E-state index is 4.99. The molecule has 0 bridgehead atoms. The predicted molar refractivity (Wildman–Crippen MR) is 125 cm³/mol. The van der Waals surface area contributed by atoms with Gasteiger partial charge in [0, 0.05) is 11.1 Å². The summed E-state index contributed by atoms with van der Waals surface area (Å²) in [6.07, 6.45) is 8.16. The Morgan fingerprint density at radius 2 is 1.48 bits per heavy atom. The third-order valence-corrected chi connectivity index (χ3v) is 4.54. The molecule has 0 saturated carbocycles. The molecule has 0 aliphatic heterocycles. The van der Waals surface area contributed by atoms with Gasteiger partial charge in [-0.25, -0.2) is 4.98 Å². The van der Waals surface area contributed by atoms with Gasteiger partial charge in [-0.2, -0.15) is 0 Å². The second-order valence-electron chi connectivity index (χ2n) is 6.75. The first kappa shape index (κ1) is 20.2. The van der Waals surface area contributed by atoms with Gasteiger partial charge in [-0.05, 0) is 38.5 Å². The molecular weight excluding hydrogens is 352 g/mol. The minimum absolute atomic E-state index is 0.880. The molecular formula is C27H26N2. The van der Waals surface area contributed by atoms with Gasteiger partial charge in [-0.15, -0.1) is 0 Å². The average molecular weight is 379 g/mol. The second-order valence-corrected chi connectivity index (χ2v) is 6.75. The first-order valence-corrected chi connectivity index (χ1v) is 9.83. The number of hydrogen-bond donors (Lipinski definition) is 0. The molecule has 0 atom stereocenters. The zero-order chi connectivity index (χ0) is 20.5. The van der Waals surface area contributed by atoms with Crippen LogP contribution in [0.25, 0.3) is 17.0 Å². The van der Waals surface area contributed by atoms with Crippen LogP contribution in [0, 0.1) is 0 Å². The van der Waals surface area contributed by atoms with Gasteiger partial charge in [-0.1, -0.05) is 91.0 Å². The first-order valence-electron chi connectivity index (χ1n) is 9.83. The number of benzene rings is 2. The van der Waals surface area contributed by atoms with Gasteiger partial charge in [0.15, 0.2) is 0 Å². The lowest BCUT2D eigenvalue weighted by molar-refractivity contribution is 1.27. The van der Waals surface area contributed by atoms with E-state index >= 15 is 0 Å². The molecule has 0 N–H and O–H groups in total. The van der Waals surface area contributed by atoms with Crippen LogP contribution in [0.4, 0.5) is 0 Å². The van der Waals surface area contributed by atoms with Crippen LogP contribution in [-0.4, -0.2) is 10.7 Å². The zero-order valence-corrected chi connectivity index (χ0v) is 17.2. The van der Waals surface area contributed by atoms with Crippen molar-refractivity contribution in [2.24, 2.45) is 4.99 Å². The normalized spacial score (nSPS) is 13.1. The Morgan fingerprint density at radius 1 is 0.793 bits per heavy atom. The van der Waals surface area contributed by atoms with Crippen LogP contribution < -0.4 is 0 Å². The van der Waals surface area contributed by atoms with Crippen molar-refractivity contribution in [3.8, 4) is 11.3 Å². The standard InChI is InChI=1S/C27H26N2/c1-4-5-8-14-21(2)27(24-17-11-7-12-18-24)28-22(3)25-19-13-20-26(29-25)23-15-9-6-10-16-23/h4-20H,1-3H3/b5-4-,14-8-,27-21+,28-22?. The molecule has 2 heteroatoms. The van der Waals surface area contributed by atoms with Crippen molar-refractivity contribution >= 4 is 11.4 Å². The Hall–Kier alpha value is -3.52. The minimum atomic E-state index is 0.880. The molecule has 0 amide bonds. The highest BCUT2D eigenvalue weighted by atomic mass is 14.8. The van der Waals surface area contributed by atoms with E-state index in [1.165, 1.54) is 0 Å². The summed E-state index contributed by atoms with van der Waals surface area (Å²) in [6, 6.07) is 26.6. The molecule has 1 heterocycles. The van der Waals surface area contributed by atoms with Crippen molar-refractivity contribution < 1.29 is 0 Å². The number of pyridine rings is 1. The number of aliphatic imine (C=N–C) groups is 1.